The predicted molar refractivity (Wildman–Crippen MR) is 130 cm³/mol. The summed E-state index contributed by atoms with van der Waals surface area (Å²) in [7, 11) is -1.23. The zero-order valence-electron chi connectivity index (χ0n) is 19.9. The summed E-state index contributed by atoms with van der Waals surface area (Å²) < 4.78 is 49.1. The number of nitrogens with one attached hydrogen (secondary N) is 1. The molecule has 1 N–H and O–H groups in total. The molecule has 0 fully saturated rings. The van der Waals surface area contributed by atoms with Crippen LogP contribution in [0.5, 0.6) is 0 Å². The lowest BCUT2D eigenvalue weighted by molar-refractivity contribution is 0.0601. The van der Waals surface area contributed by atoms with Crippen molar-refractivity contribution in [2.45, 2.75) is 31.1 Å². The van der Waals surface area contributed by atoms with Crippen LogP contribution in [-0.4, -0.2) is 40.2 Å². The van der Waals surface area contributed by atoms with E-state index in [0.717, 1.165) is 24.3 Å². The zero-order valence-corrected chi connectivity index (χ0v) is 20.7. The van der Waals surface area contributed by atoms with Gasteiger partial charge in [-0.2, -0.15) is 18.4 Å². The number of furan rings is 1. The summed E-state index contributed by atoms with van der Waals surface area (Å²) in [5, 5.41) is 4.12. The number of rotatable bonds is 6. The van der Waals surface area contributed by atoms with Crippen molar-refractivity contribution in [2.24, 2.45) is 5.10 Å². The quantitative estimate of drug-likeness (QED) is 0.396. The number of nitrogens with zero attached hydrogens (tertiary/aromatic N) is 2. The lowest BCUT2D eigenvalue weighted by Gasteiger charge is -2.19. The number of esters is 1. The molecule has 1 aliphatic carbocycles. The number of carbonyl (C=O) groups excluding carboxylic acids is 2. The van der Waals surface area contributed by atoms with Crippen LogP contribution < -0.4 is 9.73 Å². The molecule has 0 aliphatic heterocycles. The lowest BCUT2D eigenvalue weighted by atomic mass is 9.93. The number of aryl methyl sites for hydroxylation is 1. The number of ether oxygens (including phenoxy) is 1. The molecule has 0 saturated heterocycles. The number of hydrazone groups is 1. The van der Waals surface area contributed by atoms with E-state index < -0.39 is 27.7 Å². The Labute approximate surface area is 207 Å². The van der Waals surface area contributed by atoms with E-state index >= 15 is 0 Å². The van der Waals surface area contributed by atoms with Gasteiger partial charge in [0, 0.05) is 24.6 Å². The van der Waals surface area contributed by atoms with E-state index in [0.29, 0.717) is 47.5 Å². The molecule has 1 aromatic heterocycles. The van der Waals surface area contributed by atoms with Crippen molar-refractivity contribution in [3.8, 4) is 0 Å². The van der Waals surface area contributed by atoms with Crippen molar-refractivity contribution in [3.63, 3.8) is 0 Å². The Hall–Kier alpha value is -3.99. The summed E-state index contributed by atoms with van der Waals surface area (Å²) in [5.41, 5.74) is 2.09. The average Bonchev–Trinajstić information content (AvgIpc) is 3.23. The van der Waals surface area contributed by atoms with Crippen molar-refractivity contribution >= 4 is 33.3 Å². The summed E-state index contributed by atoms with van der Waals surface area (Å²) in [5.74, 6) is -1.02. The van der Waals surface area contributed by atoms with E-state index in [-0.39, 0.29) is 16.2 Å². The van der Waals surface area contributed by atoms with Crippen LogP contribution >= 0.6 is 0 Å². The number of methoxy groups -OCH3 is 1. The molecule has 0 bridgehead atoms. The van der Waals surface area contributed by atoms with Crippen LogP contribution in [0.25, 0.3) is 0 Å². The van der Waals surface area contributed by atoms with Gasteiger partial charge in [0.2, 0.25) is 0 Å². The minimum atomic E-state index is -4.02. The summed E-state index contributed by atoms with van der Waals surface area (Å²) in [6.07, 6.45) is 1.66. The topological polar surface area (TPSA) is 118 Å². The molecule has 11 heteroatoms. The molecule has 36 heavy (non-hydrogen) atoms. The van der Waals surface area contributed by atoms with Crippen LogP contribution in [0.2, 0.25) is 0 Å². The van der Waals surface area contributed by atoms with Gasteiger partial charge in [-0.15, -0.1) is 0 Å². The number of hydrogen-bond acceptors (Lipinski definition) is 7. The molecule has 0 saturated carbocycles. The molecule has 0 atom stereocenters. The number of carbonyl (C=O) groups is 2. The standard InChI is InChI=1S/C25H24FN3O6S/c1-15-22-19(27-28-36(32,33)17-13-11-16(26)12-14-17)8-6-10-21(22)35-23(15)24(30)29(2)20-9-5-4-7-18(20)25(31)34-3/h4-5,7,9,11-14,28H,6,8,10H2,1-3H3/b27-19+. The minimum absolute atomic E-state index is 0.0677. The molecule has 188 valence electrons. The van der Waals surface area contributed by atoms with Gasteiger partial charge < -0.3 is 14.1 Å². The van der Waals surface area contributed by atoms with Crippen LogP contribution in [-0.2, 0) is 21.2 Å². The Morgan fingerprint density at radius 3 is 2.50 bits per heavy atom. The molecule has 0 unspecified atom stereocenters. The molecule has 1 heterocycles. The Morgan fingerprint density at radius 1 is 1.11 bits per heavy atom. The van der Waals surface area contributed by atoms with E-state index in [1.165, 1.54) is 19.1 Å². The predicted octanol–water partition coefficient (Wildman–Crippen LogP) is 3.81. The van der Waals surface area contributed by atoms with Gasteiger partial charge in [0.25, 0.3) is 15.9 Å². The SMILES string of the molecule is COC(=O)c1ccccc1N(C)C(=O)c1oc2c(c1C)/C(=N/NS(=O)(=O)c1ccc(F)cc1)CCC2. The highest BCUT2D eigenvalue weighted by Crippen LogP contribution is 2.32. The van der Waals surface area contributed by atoms with Crippen LogP contribution in [0.3, 0.4) is 0 Å². The second-order valence-corrected chi connectivity index (χ2v) is 9.85. The van der Waals surface area contributed by atoms with Gasteiger partial charge >= 0.3 is 5.97 Å². The van der Waals surface area contributed by atoms with Crippen molar-refractivity contribution in [2.75, 3.05) is 19.1 Å². The monoisotopic (exact) mass is 513 g/mol. The molecule has 0 radical (unpaired) electrons. The fourth-order valence-corrected chi connectivity index (χ4v) is 4.91. The fourth-order valence-electron chi connectivity index (χ4n) is 4.08. The summed E-state index contributed by atoms with van der Waals surface area (Å²) in [6, 6.07) is 10.9. The minimum Gasteiger partial charge on any atom is -0.465 e. The first-order valence-corrected chi connectivity index (χ1v) is 12.5. The fraction of sp³-hybridized carbons (Fsp3) is 0.240. The molecule has 3 aromatic rings. The largest absolute Gasteiger partial charge is 0.465 e. The maximum atomic E-state index is 13.4. The number of sulfonamides is 1. The van der Waals surface area contributed by atoms with Crippen molar-refractivity contribution < 1.29 is 31.6 Å². The molecule has 1 aliphatic rings. The number of amides is 1. The molecule has 9 nitrogen and oxygen atoms in total. The summed E-state index contributed by atoms with van der Waals surface area (Å²) in [4.78, 5) is 28.9. The third-order valence-corrected chi connectivity index (χ3v) is 7.14. The number of para-hydroxylation sites is 1. The first kappa shape index (κ1) is 25.1. The molecule has 1 amide bonds. The first-order chi connectivity index (χ1) is 17.1. The molecular weight excluding hydrogens is 489 g/mol. The highest BCUT2D eigenvalue weighted by molar-refractivity contribution is 7.89. The van der Waals surface area contributed by atoms with Crippen LogP contribution in [0, 0.1) is 12.7 Å². The summed E-state index contributed by atoms with van der Waals surface area (Å²) >= 11 is 0. The Morgan fingerprint density at radius 2 is 1.81 bits per heavy atom. The van der Waals surface area contributed by atoms with E-state index in [1.54, 1.807) is 31.2 Å². The maximum absolute atomic E-state index is 13.4. The van der Waals surface area contributed by atoms with Gasteiger partial charge in [0.1, 0.15) is 11.6 Å². The van der Waals surface area contributed by atoms with Crippen molar-refractivity contribution in [1.82, 2.24) is 4.83 Å². The average molecular weight is 514 g/mol. The Balaban J connectivity index is 1.65. The number of halogens is 1. The number of benzene rings is 2. The normalized spacial score (nSPS) is 14.3. The third kappa shape index (κ3) is 4.74. The second kappa shape index (κ2) is 9.94. The van der Waals surface area contributed by atoms with Gasteiger partial charge in [0.05, 0.1) is 29.0 Å². The third-order valence-electron chi connectivity index (χ3n) is 5.92. The smallest absolute Gasteiger partial charge is 0.339 e. The van der Waals surface area contributed by atoms with E-state index in [2.05, 4.69) is 9.93 Å². The first-order valence-electron chi connectivity index (χ1n) is 11.1. The van der Waals surface area contributed by atoms with Gasteiger partial charge in [-0.3, -0.25) is 4.79 Å². The maximum Gasteiger partial charge on any atom is 0.339 e. The Kier molecular flexibility index (Phi) is 6.93. The number of hydrogen-bond donors (Lipinski definition) is 1. The van der Waals surface area contributed by atoms with Crippen molar-refractivity contribution in [1.29, 1.82) is 0 Å². The van der Waals surface area contributed by atoms with Gasteiger partial charge in [0.15, 0.2) is 5.76 Å². The number of fused-ring (bicyclic) bond motifs is 1. The summed E-state index contributed by atoms with van der Waals surface area (Å²) in [6.45, 7) is 1.70. The zero-order chi connectivity index (χ0) is 26.0. The second-order valence-electron chi connectivity index (χ2n) is 8.19. The molecule has 2 aromatic carbocycles. The van der Waals surface area contributed by atoms with Crippen LogP contribution in [0.1, 0.15) is 50.6 Å². The van der Waals surface area contributed by atoms with Crippen LogP contribution in [0.15, 0.2) is 62.9 Å². The molecule has 4 rings (SSSR count). The van der Waals surface area contributed by atoms with E-state index in [9.17, 15) is 22.4 Å². The highest BCUT2D eigenvalue weighted by Gasteiger charge is 2.31. The number of anilines is 1. The lowest BCUT2D eigenvalue weighted by Crippen LogP contribution is -2.28. The molecule has 0 spiro atoms. The van der Waals surface area contributed by atoms with Crippen molar-refractivity contribution in [3.05, 3.63) is 82.6 Å². The van der Waals surface area contributed by atoms with Gasteiger partial charge in [-0.05, 0) is 56.2 Å². The Bertz CT molecular complexity index is 1460. The van der Waals surface area contributed by atoms with E-state index in [1.807, 2.05) is 0 Å². The van der Waals surface area contributed by atoms with Crippen LogP contribution in [0.4, 0.5) is 10.1 Å². The molecular formula is C25H24FN3O6S. The van der Waals surface area contributed by atoms with E-state index in [4.69, 9.17) is 9.15 Å². The highest BCUT2D eigenvalue weighted by atomic mass is 32.2. The van der Waals surface area contributed by atoms with Gasteiger partial charge in [-0.1, -0.05) is 12.1 Å². The van der Waals surface area contributed by atoms with Gasteiger partial charge in [-0.25, -0.2) is 9.18 Å².